The van der Waals surface area contributed by atoms with E-state index in [-0.39, 0.29) is 5.41 Å². The number of nitrogens with one attached hydrogen (secondary N) is 1. The van der Waals surface area contributed by atoms with E-state index in [1.807, 2.05) is 18.2 Å². The third-order valence-corrected chi connectivity index (χ3v) is 3.16. The van der Waals surface area contributed by atoms with E-state index < -0.39 is 0 Å². The Morgan fingerprint density at radius 3 is 2.71 bits per heavy atom. The monoisotopic (exact) mass is 288 g/mol. The fourth-order valence-electron chi connectivity index (χ4n) is 2.08. The van der Waals surface area contributed by atoms with Crippen LogP contribution < -0.4 is 10.1 Å². The molecule has 0 saturated carbocycles. The lowest BCUT2D eigenvalue weighted by molar-refractivity contribution is 0.324. The van der Waals surface area contributed by atoms with Gasteiger partial charge in [-0.05, 0) is 24.4 Å². The smallest absolute Gasteiger partial charge is 0.399 e. The number of hydrogen-bond donors (Lipinski definition) is 1. The van der Waals surface area contributed by atoms with Gasteiger partial charge in [0.05, 0.1) is 5.69 Å². The molecule has 1 aromatic carbocycles. The van der Waals surface area contributed by atoms with E-state index in [9.17, 15) is 0 Å². The maximum Gasteiger partial charge on any atom is 0.399 e. The van der Waals surface area contributed by atoms with E-state index in [0.717, 1.165) is 30.0 Å². The van der Waals surface area contributed by atoms with E-state index in [2.05, 4.69) is 44.1 Å². The molecule has 0 amide bonds. The van der Waals surface area contributed by atoms with Crippen LogP contribution in [-0.4, -0.2) is 11.5 Å². The van der Waals surface area contributed by atoms with E-state index in [1.165, 1.54) is 0 Å². The van der Waals surface area contributed by atoms with Crippen LogP contribution in [0.5, 0.6) is 11.8 Å². The number of benzene rings is 1. The fourth-order valence-corrected chi connectivity index (χ4v) is 2.08. The largest absolute Gasteiger partial charge is 0.417 e. The number of aromatic nitrogens is 1. The Bertz CT molecular complexity index is 570. The molecule has 0 atom stereocenters. The lowest BCUT2D eigenvalue weighted by atomic mass is 9.86. The number of hydrogen-bond acceptors (Lipinski definition) is 4. The molecule has 0 bridgehead atoms. The molecule has 2 aromatic rings. The Balaban J connectivity index is 2.09. The minimum Gasteiger partial charge on any atom is -0.417 e. The summed E-state index contributed by atoms with van der Waals surface area (Å²) in [5.41, 5.74) is 2.00. The van der Waals surface area contributed by atoms with Crippen LogP contribution in [0.3, 0.4) is 0 Å². The van der Waals surface area contributed by atoms with Crippen LogP contribution in [0.1, 0.15) is 45.4 Å². The van der Waals surface area contributed by atoms with Crippen LogP contribution >= 0.6 is 0 Å². The van der Waals surface area contributed by atoms with Gasteiger partial charge < -0.3 is 14.5 Å². The summed E-state index contributed by atoms with van der Waals surface area (Å²) < 4.78 is 11.2. The van der Waals surface area contributed by atoms with Crippen LogP contribution in [0.25, 0.3) is 0 Å². The highest BCUT2D eigenvalue weighted by Gasteiger charge is 2.19. The van der Waals surface area contributed by atoms with Crippen molar-refractivity contribution >= 4 is 0 Å². The first-order valence-corrected chi connectivity index (χ1v) is 7.43. The van der Waals surface area contributed by atoms with E-state index in [4.69, 9.17) is 9.15 Å². The molecule has 21 heavy (non-hydrogen) atoms. The summed E-state index contributed by atoms with van der Waals surface area (Å²) in [6.45, 7) is 10.3. The van der Waals surface area contributed by atoms with Crippen molar-refractivity contribution in [3.05, 3.63) is 41.8 Å². The van der Waals surface area contributed by atoms with E-state index >= 15 is 0 Å². The van der Waals surface area contributed by atoms with Gasteiger partial charge >= 0.3 is 6.08 Å². The van der Waals surface area contributed by atoms with E-state index in [1.54, 1.807) is 6.26 Å². The third kappa shape index (κ3) is 4.33. The van der Waals surface area contributed by atoms with Crippen molar-refractivity contribution < 1.29 is 9.15 Å². The molecule has 4 nitrogen and oxygen atoms in total. The molecule has 0 saturated heterocycles. The van der Waals surface area contributed by atoms with Gasteiger partial charge in [0.25, 0.3) is 0 Å². The standard InChI is InChI=1S/C17H24N2O2/c1-5-10-18-11-13-12-20-16(19-13)21-15-9-7-6-8-14(15)17(2,3)4/h6-9,12,18H,5,10-11H2,1-4H3. The molecule has 0 fully saturated rings. The molecular formula is C17H24N2O2. The quantitative estimate of drug-likeness (QED) is 0.807. The van der Waals surface area contributed by atoms with Crippen molar-refractivity contribution in [3.8, 4) is 11.8 Å². The zero-order chi connectivity index (χ0) is 15.3. The van der Waals surface area contributed by atoms with Gasteiger partial charge in [0, 0.05) is 12.1 Å². The zero-order valence-electron chi connectivity index (χ0n) is 13.3. The summed E-state index contributed by atoms with van der Waals surface area (Å²) in [6, 6.07) is 7.99. The molecule has 1 aromatic heterocycles. The van der Waals surface area contributed by atoms with Gasteiger partial charge in [-0.1, -0.05) is 45.9 Å². The minimum atomic E-state index is 0.00863. The van der Waals surface area contributed by atoms with Crippen molar-refractivity contribution in [3.63, 3.8) is 0 Å². The normalized spacial score (nSPS) is 11.6. The Morgan fingerprint density at radius 1 is 1.24 bits per heavy atom. The van der Waals surface area contributed by atoms with Crippen molar-refractivity contribution in [2.45, 2.75) is 46.1 Å². The highest BCUT2D eigenvalue weighted by atomic mass is 16.6. The molecule has 2 rings (SSSR count). The van der Waals surface area contributed by atoms with Gasteiger partial charge in [0.1, 0.15) is 12.0 Å². The fraction of sp³-hybridized carbons (Fsp3) is 0.471. The zero-order valence-corrected chi connectivity index (χ0v) is 13.3. The molecular weight excluding hydrogens is 264 g/mol. The van der Waals surface area contributed by atoms with Gasteiger partial charge in [-0.15, -0.1) is 0 Å². The summed E-state index contributed by atoms with van der Waals surface area (Å²) in [4.78, 5) is 4.35. The van der Waals surface area contributed by atoms with Gasteiger partial charge in [-0.3, -0.25) is 0 Å². The average molecular weight is 288 g/mol. The summed E-state index contributed by atoms with van der Waals surface area (Å²) in [5.74, 6) is 0.792. The molecule has 114 valence electrons. The van der Waals surface area contributed by atoms with Crippen LogP contribution in [0.4, 0.5) is 0 Å². The summed E-state index contributed by atoms with van der Waals surface area (Å²) in [7, 11) is 0. The highest BCUT2D eigenvalue weighted by Crippen LogP contribution is 2.33. The first-order chi connectivity index (χ1) is 10.0. The maximum atomic E-state index is 5.82. The number of para-hydroxylation sites is 1. The number of oxazole rings is 1. The Morgan fingerprint density at radius 2 is 2.00 bits per heavy atom. The maximum absolute atomic E-state index is 5.82. The molecule has 0 spiro atoms. The van der Waals surface area contributed by atoms with Gasteiger partial charge in [-0.2, -0.15) is 4.98 Å². The molecule has 0 unspecified atom stereocenters. The second-order valence-corrected chi connectivity index (χ2v) is 6.13. The average Bonchev–Trinajstić information content (AvgIpc) is 2.86. The van der Waals surface area contributed by atoms with Gasteiger partial charge in [0.2, 0.25) is 0 Å². The third-order valence-electron chi connectivity index (χ3n) is 3.16. The van der Waals surface area contributed by atoms with Crippen molar-refractivity contribution in [2.75, 3.05) is 6.54 Å². The second-order valence-electron chi connectivity index (χ2n) is 6.13. The van der Waals surface area contributed by atoms with Crippen LogP contribution in [-0.2, 0) is 12.0 Å². The highest BCUT2D eigenvalue weighted by molar-refractivity contribution is 5.39. The van der Waals surface area contributed by atoms with Crippen LogP contribution in [0.2, 0.25) is 0 Å². The molecule has 1 N–H and O–H groups in total. The molecule has 0 aliphatic carbocycles. The summed E-state index contributed by atoms with van der Waals surface area (Å²) >= 11 is 0. The number of ether oxygens (including phenoxy) is 1. The Labute approximate surface area is 126 Å². The SMILES string of the molecule is CCCNCc1coc(Oc2ccccc2C(C)(C)C)n1. The van der Waals surface area contributed by atoms with Crippen molar-refractivity contribution in [2.24, 2.45) is 0 Å². The lowest BCUT2D eigenvalue weighted by Crippen LogP contribution is -2.14. The molecule has 0 radical (unpaired) electrons. The topological polar surface area (TPSA) is 47.3 Å². The van der Waals surface area contributed by atoms with E-state index in [0.29, 0.717) is 12.6 Å². The minimum absolute atomic E-state index is 0.00863. The Hall–Kier alpha value is -1.81. The number of nitrogens with zero attached hydrogens (tertiary/aromatic N) is 1. The van der Waals surface area contributed by atoms with Crippen molar-refractivity contribution in [1.82, 2.24) is 10.3 Å². The van der Waals surface area contributed by atoms with Crippen molar-refractivity contribution in [1.29, 1.82) is 0 Å². The second kappa shape index (κ2) is 6.76. The lowest BCUT2D eigenvalue weighted by Gasteiger charge is -2.21. The first kappa shape index (κ1) is 15.6. The molecule has 0 aliphatic rings. The van der Waals surface area contributed by atoms with Gasteiger partial charge in [-0.25, -0.2) is 0 Å². The first-order valence-electron chi connectivity index (χ1n) is 7.43. The summed E-state index contributed by atoms with van der Waals surface area (Å²) in [5, 5.41) is 3.29. The molecule has 1 heterocycles. The summed E-state index contributed by atoms with van der Waals surface area (Å²) in [6.07, 6.45) is 3.03. The predicted octanol–water partition coefficient (Wildman–Crippen LogP) is 4.26. The van der Waals surface area contributed by atoms with Crippen LogP contribution in [0.15, 0.2) is 34.9 Å². The molecule has 0 aliphatic heterocycles. The van der Waals surface area contributed by atoms with Crippen LogP contribution in [0, 0.1) is 0 Å². The predicted molar refractivity (Wildman–Crippen MR) is 83.7 cm³/mol. The number of rotatable bonds is 6. The Kier molecular flexibility index (Phi) is 5.02. The molecule has 4 heteroatoms. The van der Waals surface area contributed by atoms with Gasteiger partial charge in [0.15, 0.2) is 0 Å².